The molecule has 1 atom stereocenters. The smallest absolute Gasteiger partial charge is 0.191 e. The Labute approximate surface area is 202 Å². The molecule has 0 bridgehead atoms. The van der Waals surface area contributed by atoms with E-state index in [2.05, 4.69) is 27.8 Å². The van der Waals surface area contributed by atoms with Crippen LogP contribution in [0.25, 0.3) is 0 Å². The van der Waals surface area contributed by atoms with Crippen molar-refractivity contribution < 1.29 is 14.2 Å². The lowest BCUT2D eigenvalue weighted by Crippen LogP contribution is -2.48. The molecule has 2 heterocycles. The van der Waals surface area contributed by atoms with Gasteiger partial charge in [-0.15, -0.1) is 24.0 Å². The van der Waals surface area contributed by atoms with Crippen molar-refractivity contribution in [1.29, 1.82) is 0 Å². The third-order valence-corrected chi connectivity index (χ3v) is 6.08. The second-order valence-corrected chi connectivity index (χ2v) is 8.35. The maximum absolute atomic E-state index is 6.26. The van der Waals surface area contributed by atoms with Gasteiger partial charge >= 0.3 is 0 Å². The van der Waals surface area contributed by atoms with E-state index in [9.17, 15) is 0 Å². The van der Waals surface area contributed by atoms with Gasteiger partial charge in [-0.05, 0) is 43.4 Å². The molecule has 30 heavy (non-hydrogen) atoms. The first kappa shape index (κ1) is 25.6. The van der Waals surface area contributed by atoms with Crippen LogP contribution in [-0.4, -0.2) is 65.7 Å². The largest absolute Gasteiger partial charge is 0.381 e. The summed E-state index contributed by atoms with van der Waals surface area (Å²) in [5.41, 5.74) is 1.27. The molecule has 2 N–H and O–H groups in total. The van der Waals surface area contributed by atoms with Gasteiger partial charge in [0.1, 0.15) is 0 Å². The van der Waals surface area contributed by atoms with Gasteiger partial charge in [0.25, 0.3) is 0 Å². The van der Waals surface area contributed by atoms with Gasteiger partial charge in [0.2, 0.25) is 0 Å². The molecule has 0 radical (unpaired) electrons. The molecule has 0 aliphatic carbocycles. The summed E-state index contributed by atoms with van der Waals surface area (Å²) >= 11 is 6.26. The summed E-state index contributed by atoms with van der Waals surface area (Å²) < 4.78 is 16.8. The Bertz CT molecular complexity index is 650. The van der Waals surface area contributed by atoms with Crippen LogP contribution in [0.4, 0.5) is 0 Å². The van der Waals surface area contributed by atoms with Crippen molar-refractivity contribution in [2.45, 2.75) is 31.1 Å². The summed E-state index contributed by atoms with van der Waals surface area (Å²) in [5.74, 6) is 1.39. The average Bonchev–Trinajstić information content (AvgIpc) is 3.27. The van der Waals surface area contributed by atoms with Gasteiger partial charge < -0.3 is 24.8 Å². The lowest BCUT2D eigenvalue weighted by atomic mass is 9.74. The van der Waals surface area contributed by atoms with Crippen LogP contribution in [0.15, 0.2) is 29.3 Å². The average molecular weight is 552 g/mol. The van der Waals surface area contributed by atoms with Gasteiger partial charge in [0.05, 0.1) is 13.2 Å². The maximum Gasteiger partial charge on any atom is 0.191 e. The molecule has 170 valence electrons. The normalized spacial score (nSPS) is 21.1. The monoisotopic (exact) mass is 551 g/mol. The Morgan fingerprint density at radius 3 is 2.77 bits per heavy atom. The number of ether oxygens (including phenoxy) is 3. The number of nitrogens with zero attached hydrogens (tertiary/aromatic N) is 1. The summed E-state index contributed by atoms with van der Waals surface area (Å²) in [7, 11) is 1.81. The molecule has 8 heteroatoms. The fourth-order valence-electron chi connectivity index (χ4n) is 3.97. The van der Waals surface area contributed by atoms with Crippen molar-refractivity contribution >= 4 is 41.5 Å². The Balaban J connectivity index is 0.00000320. The van der Waals surface area contributed by atoms with E-state index in [4.69, 9.17) is 25.8 Å². The minimum atomic E-state index is 0. The molecule has 2 fully saturated rings. The van der Waals surface area contributed by atoms with Gasteiger partial charge in [-0.1, -0.05) is 23.7 Å². The molecular weight excluding hydrogens is 517 g/mol. The number of guanidine groups is 1. The molecule has 1 aromatic rings. The number of benzene rings is 1. The number of aliphatic imine (C=N–C) groups is 1. The van der Waals surface area contributed by atoms with E-state index >= 15 is 0 Å². The highest BCUT2D eigenvalue weighted by atomic mass is 127. The maximum atomic E-state index is 6.26. The first-order valence-electron chi connectivity index (χ1n) is 10.7. The quantitative estimate of drug-likeness (QED) is 0.213. The zero-order valence-corrected chi connectivity index (χ0v) is 20.9. The summed E-state index contributed by atoms with van der Waals surface area (Å²) in [5, 5.41) is 7.69. The van der Waals surface area contributed by atoms with Crippen LogP contribution in [0, 0.1) is 5.92 Å². The standard InChI is InChI=1S/C22H34ClN3O3.HI/c1-24-21(25-9-3-10-28-15-18-6-11-29-16-18)26-17-22(7-12-27-13-8-22)19-4-2-5-20(23)14-19;/h2,4-5,14,18H,3,6-13,15-17H2,1H3,(H2,24,25,26);1H. The van der Waals surface area contributed by atoms with Crippen LogP contribution in [-0.2, 0) is 19.6 Å². The van der Waals surface area contributed by atoms with Crippen LogP contribution < -0.4 is 10.6 Å². The lowest BCUT2D eigenvalue weighted by Gasteiger charge is -2.38. The highest BCUT2D eigenvalue weighted by Crippen LogP contribution is 2.35. The van der Waals surface area contributed by atoms with Gasteiger partial charge in [0, 0.05) is 62.9 Å². The first-order valence-corrected chi connectivity index (χ1v) is 11.0. The van der Waals surface area contributed by atoms with Crippen molar-refractivity contribution in [3.05, 3.63) is 34.9 Å². The zero-order valence-electron chi connectivity index (χ0n) is 17.8. The highest BCUT2D eigenvalue weighted by molar-refractivity contribution is 14.0. The van der Waals surface area contributed by atoms with Crippen LogP contribution >= 0.6 is 35.6 Å². The molecule has 2 saturated heterocycles. The fraction of sp³-hybridized carbons (Fsp3) is 0.682. The zero-order chi connectivity index (χ0) is 20.4. The van der Waals surface area contributed by atoms with Gasteiger partial charge in [0.15, 0.2) is 5.96 Å². The van der Waals surface area contributed by atoms with Crippen molar-refractivity contribution in [2.75, 3.05) is 59.8 Å². The van der Waals surface area contributed by atoms with E-state index in [1.165, 1.54) is 5.56 Å². The molecular formula is C22H35ClIN3O3. The molecule has 0 spiro atoms. The van der Waals surface area contributed by atoms with E-state index in [1.807, 2.05) is 19.2 Å². The molecule has 3 rings (SSSR count). The van der Waals surface area contributed by atoms with Crippen molar-refractivity contribution in [3.8, 4) is 0 Å². The number of rotatable bonds is 9. The molecule has 2 aliphatic rings. The molecule has 6 nitrogen and oxygen atoms in total. The van der Waals surface area contributed by atoms with Crippen LogP contribution in [0.3, 0.4) is 0 Å². The highest BCUT2D eigenvalue weighted by Gasteiger charge is 2.34. The third kappa shape index (κ3) is 7.82. The molecule has 0 amide bonds. The lowest BCUT2D eigenvalue weighted by molar-refractivity contribution is 0.0513. The first-order chi connectivity index (χ1) is 14.2. The van der Waals surface area contributed by atoms with Crippen LogP contribution in [0.2, 0.25) is 5.02 Å². The predicted molar refractivity (Wildman–Crippen MR) is 132 cm³/mol. The topological polar surface area (TPSA) is 64.1 Å². The SMILES string of the molecule is CN=C(NCCCOCC1CCOC1)NCC1(c2cccc(Cl)c2)CCOCC1.I. The summed E-state index contributed by atoms with van der Waals surface area (Å²) in [6.45, 7) is 6.44. The minimum Gasteiger partial charge on any atom is -0.381 e. The van der Waals surface area contributed by atoms with Crippen LogP contribution in [0.1, 0.15) is 31.2 Å². The molecule has 2 aliphatic heterocycles. The van der Waals surface area contributed by atoms with E-state index < -0.39 is 0 Å². The van der Waals surface area contributed by atoms with Crippen molar-refractivity contribution in [2.24, 2.45) is 10.9 Å². The van der Waals surface area contributed by atoms with Gasteiger partial charge in [-0.3, -0.25) is 4.99 Å². The number of nitrogens with one attached hydrogen (secondary N) is 2. The third-order valence-electron chi connectivity index (χ3n) is 5.84. The summed E-state index contributed by atoms with van der Waals surface area (Å²) in [6.07, 6.45) is 4.00. The summed E-state index contributed by atoms with van der Waals surface area (Å²) in [6, 6.07) is 8.20. The molecule has 0 aromatic heterocycles. The second kappa shape index (κ2) is 13.7. The van der Waals surface area contributed by atoms with E-state index in [1.54, 1.807) is 0 Å². The predicted octanol–water partition coefficient (Wildman–Crippen LogP) is 3.61. The van der Waals surface area contributed by atoms with Gasteiger partial charge in [-0.25, -0.2) is 0 Å². The number of hydrogen-bond donors (Lipinski definition) is 2. The molecule has 1 aromatic carbocycles. The number of halogens is 2. The van der Waals surface area contributed by atoms with Crippen molar-refractivity contribution in [3.63, 3.8) is 0 Å². The van der Waals surface area contributed by atoms with E-state index in [0.29, 0.717) is 5.92 Å². The van der Waals surface area contributed by atoms with E-state index in [0.717, 1.165) is 89.4 Å². The molecule has 0 saturated carbocycles. The minimum absolute atomic E-state index is 0. The van der Waals surface area contributed by atoms with E-state index in [-0.39, 0.29) is 29.4 Å². The van der Waals surface area contributed by atoms with Gasteiger partial charge in [-0.2, -0.15) is 0 Å². The summed E-state index contributed by atoms with van der Waals surface area (Å²) in [4.78, 5) is 4.38. The second-order valence-electron chi connectivity index (χ2n) is 7.91. The Kier molecular flexibility index (Phi) is 11.7. The Morgan fingerprint density at radius 1 is 1.23 bits per heavy atom. The Morgan fingerprint density at radius 2 is 2.07 bits per heavy atom. The van der Waals surface area contributed by atoms with Crippen LogP contribution in [0.5, 0.6) is 0 Å². The van der Waals surface area contributed by atoms with Crippen molar-refractivity contribution in [1.82, 2.24) is 10.6 Å². The Hall–Kier alpha value is -0.610. The number of hydrogen-bond acceptors (Lipinski definition) is 4. The molecule has 1 unspecified atom stereocenters. The fourth-order valence-corrected chi connectivity index (χ4v) is 4.16.